The Labute approximate surface area is 142 Å². The highest BCUT2D eigenvalue weighted by atomic mass is 16.2. The molecule has 0 fully saturated rings. The van der Waals surface area contributed by atoms with Crippen molar-refractivity contribution in [3.8, 4) is 0 Å². The van der Waals surface area contributed by atoms with E-state index in [1.54, 1.807) is 0 Å². The minimum Gasteiger partial charge on any atom is -0.335 e. The summed E-state index contributed by atoms with van der Waals surface area (Å²) in [6.45, 7) is 5.96. The lowest BCUT2D eigenvalue weighted by atomic mass is 10.00. The summed E-state index contributed by atoms with van der Waals surface area (Å²) in [5, 5.41) is 10.5. The number of fused-ring (bicyclic) bond motifs is 1. The maximum absolute atomic E-state index is 11.9. The number of carbonyl (C=O) groups is 2. The molecule has 0 radical (unpaired) electrons. The van der Waals surface area contributed by atoms with Gasteiger partial charge in [0.05, 0.1) is 6.54 Å². The van der Waals surface area contributed by atoms with Crippen molar-refractivity contribution in [3.63, 3.8) is 0 Å². The summed E-state index contributed by atoms with van der Waals surface area (Å²) >= 11 is 0. The van der Waals surface area contributed by atoms with Crippen LogP contribution in [0.3, 0.4) is 0 Å². The number of imide groups is 1. The third kappa shape index (κ3) is 4.80. The van der Waals surface area contributed by atoms with Gasteiger partial charge in [0, 0.05) is 12.1 Å². The van der Waals surface area contributed by atoms with Gasteiger partial charge in [-0.05, 0) is 36.6 Å². The van der Waals surface area contributed by atoms with Crippen LogP contribution in [0.25, 0.3) is 10.8 Å². The topological polar surface area (TPSA) is 70.2 Å². The molecule has 2 atom stereocenters. The van der Waals surface area contributed by atoms with Crippen LogP contribution >= 0.6 is 0 Å². The van der Waals surface area contributed by atoms with Gasteiger partial charge in [-0.2, -0.15) is 0 Å². The summed E-state index contributed by atoms with van der Waals surface area (Å²) in [6, 6.07) is 13.9. The van der Waals surface area contributed by atoms with Crippen molar-refractivity contribution in [2.45, 2.75) is 39.3 Å². The molecule has 0 bridgehead atoms. The molecule has 0 aliphatic heterocycles. The van der Waals surface area contributed by atoms with Crippen molar-refractivity contribution in [1.29, 1.82) is 0 Å². The van der Waals surface area contributed by atoms with Crippen LogP contribution in [0, 0.1) is 0 Å². The molecule has 2 aromatic rings. The Bertz CT molecular complexity index is 709. The highest BCUT2D eigenvalue weighted by Gasteiger charge is 2.13. The Morgan fingerprint density at radius 2 is 1.75 bits per heavy atom. The van der Waals surface area contributed by atoms with Crippen LogP contribution in [0.1, 0.15) is 38.8 Å². The van der Waals surface area contributed by atoms with Crippen molar-refractivity contribution < 1.29 is 9.59 Å². The second kappa shape index (κ2) is 8.45. The molecular weight excluding hydrogens is 302 g/mol. The van der Waals surface area contributed by atoms with Gasteiger partial charge in [0.15, 0.2) is 0 Å². The zero-order valence-electron chi connectivity index (χ0n) is 14.4. The summed E-state index contributed by atoms with van der Waals surface area (Å²) < 4.78 is 0. The number of hydrogen-bond donors (Lipinski definition) is 3. The molecule has 5 heteroatoms. The monoisotopic (exact) mass is 327 g/mol. The summed E-state index contributed by atoms with van der Waals surface area (Å²) in [5.74, 6) is -0.345. The third-order valence-electron chi connectivity index (χ3n) is 4.10. The molecule has 0 spiro atoms. The number of carbonyl (C=O) groups excluding carboxylic acids is 2. The van der Waals surface area contributed by atoms with Crippen LogP contribution in [0.2, 0.25) is 0 Å². The second-order valence-electron chi connectivity index (χ2n) is 6.00. The van der Waals surface area contributed by atoms with E-state index in [1.165, 1.54) is 5.39 Å². The second-order valence-corrected chi connectivity index (χ2v) is 6.00. The highest BCUT2D eigenvalue weighted by molar-refractivity contribution is 5.95. The molecule has 2 aromatic carbocycles. The normalized spacial score (nSPS) is 13.3. The molecular formula is C19H25N3O2. The number of nitrogens with one attached hydrogen (secondary N) is 3. The maximum Gasteiger partial charge on any atom is 0.321 e. The van der Waals surface area contributed by atoms with E-state index in [0.717, 1.165) is 17.4 Å². The number of amides is 3. The lowest BCUT2D eigenvalue weighted by molar-refractivity contribution is -0.119. The third-order valence-corrected chi connectivity index (χ3v) is 4.10. The maximum atomic E-state index is 11.9. The van der Waals surface area contributed by atoms with Crippen molar-refractivity contribution >= 4 is 22.7 Å². The van der Waals surface area contributed by atoms with Gasteiger partial charge in [-0.15, -0.1) is 0 Å². The Kier molecular flexibility index (Phi) is 6.32. The predicted octanol–water partition coefficient (Wildman–Crippen LogP) is 3.11. The lowest BCUT2D eigenvalue weighted by Crippen LogP contribution is -2.46. The molecule has 0 saturated heterocycles. The van der Waals surface area contributed by atoms with Gasteiger partial charge in [0.2, 0.25) is 5.91 Å². The highest BCUT2D eigenvalue weighted by Crippen LogP contribution is 2.23. The first kappa shape index (κ1) is 17.9. The van der Waals surface area contributed by atoms with Crippen LogP contribution in [0.4, 0.5) is 4.79 Å². The first-order chi connectivity index (χ1) is 11.5. The van der Waals surface area contributed by atoms with Gasteiger partial charge >= 0.3 is 6.03 Å². The number of hydrogen-bond acceptors (Lipinski definition) is 3. The minimum absolute atomic E-state index is 0.000485. The van der Waals surface area contributed by atoms with Crippen molar-refractivity contribution in [2.75, 3.05) is 6.54 Å². The minimum atomic E-state index is -0.450. The number of benzene rings is 2. The van der Waals surface area contributed by atoms with E-state index in [2.05, 4.69) is 34.1 Å². The summed E-state index contributed by atoms with van der Waals surface area (Å²) in [4.78, 5) is 23.5. The molecule has 128 valence electrons. The Hall–Kier alpha value is -2.40. The number of rotatable bonds is 6. The quantitative estimate of drug-likeness (QED) is 0.763. The molecule has 0 aliphatic carbocycles. The van der Waals surface area contributed by atoms with Crippen LogP contribution < -0.4 is 16.0 Å². The van der Waals surface area contributed by atoms with Gasteiger partial charge < -0.3 is 10.6 Å². The van der Waals surface area contributed by atoms with E-state index < -0.39 is 6.03 Å². The molecule has 24 heavy (non-hydrogen) atoms. The van der Waals surface area contributed by atoms with Crippen molar-refractivity contribution in [3.05, 3.63) is 48.0 Å². The molecule has 3 amide bonds. The fraction of sp³-hybridized carbons (Fsp3) is 0.368. The van der Waals surface area contributed by atoms with E-state index in [-0.39, 0.29) is 24.5 Å². The molecule has 2 rings (SSSR count). The van der Waals surface area contributed by atoms with Gasteiger partial charge in [-0.25, -0.2) is 4.79 Å². The van der Waals surface area contributed by atoms with Gasteiger partial charge in [-0.3, -0.25) is 10.1 Å². The molecule has 0 heterocycles. The Balaban J connectivity index is 1.91. The summed E-state index contributed by atoms with van der Waals surface area (Å²) in [5.41, 5.74) is 1.13. The Morgan fingerprint density at radius 1 is 1.04 bits per heavy atom. The summed E-state index contributed by atoms with van der Waals surface area (Å²) in [6.07, 6.45) is 0.817. The fourth-order valence-corrected chi connectivity index (χ4v) is 2.52. The van der Waals surface area contributed by atoms with Gasteiger partial charge in [0.1, 0.15) is 0 Å². The average molecular weight is 327 g/mol. The van der Waals surface area contributed by atoms with Crippen LogP contribution in [-0.4, -0.2) is 24.5 Å². The van der Waals surface area contributed by atoms with Gasteiger partial charge in [0.25, 0.3) is 0 Å². The number of urea groups is 1. The zero-order chi connectivity index (χ0) is 17.5. The van der Waals surface area contributed by atoms with Crippen molar-refractivity contribution in [1.82, 2.24) is 16.0 Å². The van der Waals surface area contributed by atoms with E-state index in [0.29, 0.717) is 0 Å². The summed E-state index contributed by atoms with van der Waals surface area (Å²) in [7, 11) is 0. The molecule has 0 saturated carbocycles. The van der Waals surface area contributed by atoms with E-state index in [4.69, 9.17) is 0 Å². The molecule has 0 unspecified atom stereocenters. The van der Waals surface area contributed by atoms with Gasteiger partial charge in [-0.1, -0.05) is 49.4 Å². The fourth-order valence-electron chi connectivity index (χ4n) is 2.52. The molecule has 0 aromatic heterocycles. The zero-order valence-corrected chi connectivity index (χ0v) is 14.4. The molecule has 0 aliphatic rings. The van der Waals surface area contributed by atoms with Crippen LogP contribution in [0.15, 0.2) is 42.5 Å². The van der Waals surface area contributed by atoms with Crippen LogP contribution in [-0.2, 0) is 4.79 Å². The van der Waals surface area contributed by atoms with Crippen LogP contribution in [0.5, 0.6) is 0 Å². The lowest BCUT2D eigenvalue weighted by Gasteiger charge is -2.17. The first-order valence-corrected chi connectivity index (χ1v) is 8.32. The largest absolute Gasteiger partial charge is 0.335 e. The van der Waals surface area contributed by atoms with E-state index in [1.807, 2.05) is 45.0 Å². The predicted molar refractivity (Wildman–Crippen MR) is 96.8 cm³/mol. The Morgan fingerprint density at radius 3 is 2.50 bits per heavy atom. The van der Waals surface area contributed by atoms with E-state index in [9.17, 15) is 9.59 Å². The average Bonchev–Trinajstić information content (AvgIpc) is 2.58. The van der Waals surface area contributed by atoms with Crippen molar-refractivity contribution in [2.24, 2.45) is 0 Å². The molecule has 3 N–H and O–H groups in total. The smallest absolute Gasteiger partial charge is 0.321 e. The SMILES string of the molecule is CC[C@H](C)NC(=O)NC(=O)CN[C@@H](C)c1cccc2ccccc12. The first-order valence-electron chi connectivity index (χ1n) is 8.32. The van der Waals surface area contributed by atoms with E-state index >= 15 is 0 Å². The standard InChI is InChI=1S/C19H25N3O2/c1-4-13(2)21-19(24)22-18(23)12-20-14(3)16-11-7-9-15-8-5-6-10-17(15)16/h5-11,13-14,20H,4,12H2,1-3H3,(H2,21,22,23,24)/t13-,14-/m0/s1. The molecule has 5 nitrogen and oxygen atoms in total.